The maximum absolute atomic E-state index is 4.74. The van der Waals surface area contributed by atoms with E-state index in [1.807, 2.05) is 12.3 Å². The monoisotopic (exact) mass is 421 g/mol. The molecular formula is C19H24ClN5S2. The Labute approximate surface area is 174 Å². The fourth-order valence-electron chi connectivity index (χ4n) is 3.10. The molecule has 5 nitrogen and oxygen atoms in total. The van der Waals surface area contributed by atoms with Crippen LogP contribution in [0.1, 0.15) is 11.3 Å². The van der Waals surface area contributed by atoms with Crippen LogP contribution in [0.5, 0.6) is 0 Å². The van der Waals surface area contributed by atoms with E-state index in [0.717, 1.165) is 55.8 Å². The molecule has 4 rings (SSSR count). The summed E-state index contributed by atoms with van der Waals surface area (Å²) in [4.78, 5) is 14.1. The lowest BCUT2D eigenvalue weighted by atomic mass is 10.2. The van der Waals surface area contributed by atoms with Crippen LogP contribution in [-0.2, 0) is 13.1 Å². The van der Waals surface area contributed by atoms with Gasteiger partial charge in [-0.1, -0.05) is 6.07 Å². The standard InChI is InChI=1S/C19H23N5S2.ClH/c1-23-6-8-24(9-7-23)18-15(3-2-5-21-18)11-20-12-17-14-26-19(22-17)16-4-10-25-13-16;/h2-5,10,13-14,20H,6-9,11-12H2,1H3;1H. The Bertz CT molecular complexity index is 828. The number of halogens is 1. The van der Waals surface area contributed by atoms with Crippen molar-refractivity contribution in [3.8, 4) is 10.6 Å². The minimum Gasteiger partial charge on any atom is -0.354 e. The molecule has 4 heterocycles. The van der Waals surface area contributed by atoms with Gasteiger partial charge in [0.15, 0.2) is 0 Å². The van der Waals surface area contributed by atoms with Crippen LogP contribution in [0.15, 0.2) is 40.5 Å². The van der Waals surface area contributed by atoms with E-state index in [1.54, 1.807) is 22.7 Å². The van der Waals surface area contributed by atoms with Gasteiger partial charge in [-0.25, -0.2) is 9.97 Å². The van der Waals surface area contributed by atoms with Crippen LogP contribution in [-0.4, -0.2) is 48.1 Å². The van der Waals surface area contributed by atoms with E-state index in [9.17, 15) is 0 Å². The van der Waals surface area contributed by atoms with Crippen molar-refractivity contribution in [2.45, 2.75) is 13.1 Å². The third-order valence-electron chi connectivity index (χ3n) is 4.61. The van der Waals surface area contributed by atoms with E-state index in [0.29, 0.717) is 0 Å². The summed E-state index contributed by atoms with van der Waals surface area (Å²) in [7, 11) is 2.18. The highest BCUT2D eigenvalue weighted by Gasteiger charge is 2.17. The van der Waals surface area contributed by atoms with Gasteiger partial charge in [0.1, 0.15) is 10.8 Å². The van der Waals surface area contributed by atoms with Gasteiger partial charge in [0.05, 0.1) is 5.69 Å². The molecular weight excluding hydrogens is 398 g/mol. The zero-order valence-corrected chi connectivity index (χ0v) is 17.7. The molecule has 8 heteroatoms. The Hall–Kier alpha value is -1.51. The number of likely N-dealkylation sites (N-methyl/N-ethyl adjacent to an activating group) is 1. The van der Waals surface area contributed by atoms with Gasteiger partial charge in [0, 0.05) is 67.4 Å². The molecule has 0 unspecified atom stereocenters. The molecule has 1 fully saturated rings. The number of pyridine rings is 1. The summed E-state index contributed by atoms with van der Waals surface area (Å²) in [6.07, 6.45) is 1.89. The third-order valence-corrected chi connectivity index (χ3v) is 6.24. The molecule has 0 aliphatic carbocycles. The summed E-state index contributed by atoms with van der Waals surface area (Å²) in [5.41, 5.74) is 3.57. The molecule has 0 bridgehead atoms. The third kappa shape index (κ3) is 5.06. The zero-order valence-electron chi connectivity index (χ0n) is 15.3. The van der Waals surface area contributed by atoms with Gasteiger partial charge in [-0.05, 0) is 24.6 Å². The van der Waals surface area contributed by atoms with Gasteiger partial charge in [-0.15, -0.1) is 23.7 Å². The van der Waals surface area contributed by atoms with Gasteiger partial charge in [0.25, 0.3) is 0 Å². The first-order valence-corrected chi connectivity index (χ1v) is 10.7. The summed E-state index contributed by atoms with van der Waals surface area (Å²) in [6, 6.07) is 6.32. The van der Waals surface area contributed by atoms with Crippen molar-refractivity contribution in [2.24, 2.45) is 0 Å². The highest BCUT2D eigenvalue weighted by atomic mass is 35.5. The van der Waals surface area contributed by atoms with Crippen LogP contribution in [0.2, 0.25) is 0 Å². The average molecular weight is 422 g/mol. The van der Waals surface area contributed by atoms with Crippen molar-refractivity contribution < 1.29 is 0 Å². The topological polar surface area (TPSA) is 44.3 Å². The van der Waals surface area contributed by atoms with Crippen LogP contribution in [0.4, 0.5) is 5.82 Å². The molecule has 1 N–H and O–H groups in total. The average Bonchev–Trinajstić information content (AvgIpc) is 3.35. The number of hydrogen-bond acceptors (Lipinski definition) is 7. The Kier molecular flexibility index (Phi) is 7.20. The summed E-state index contributed by atoms with van der Waals surface area (Å²) >= 11 is 3.42. The number of thiophene rings is 1. The predicted octanol–water partition coefficient (Wildman–Crippen LogP) is 3.73. The molecule has 0 aromatic carbocycles. The molecule has 144 valence electrons. The summed E-state index contributed by atoms with van der Waals surface area (Å²) in [5.74, 6) is 1.12. The van der Waals surface area contributed by atoms with Crippen LogP contribution in [0.25, 0.3) is 10.6 Å². The van der Waals surface area contributed by atoms with E-state index in [1.165, 1.54) is 11.1 Å². The first-order valence-electron chi connectivity index (χ1n) is 8.84. The molecule has 0 spiro atoms. The zero-order chi connectivity index (χ0) is 17.8. The van der Waals surface area contributed by atoms with Gasteiger partial charge in [0.2, 0.25) is 0 Å². The van der Waals surface area contributed by atoms with E-state index < -0.39 is 0 Å². The molecule has 1 aliphatic heterocycles. The lowest BCUT2D eigenvalue weighted by Crippen LogP contribution is -2.45. The van der Waals surface area contributed by atoms with E-state index in [-0.39, 0.29) is 12.4 Å². The van der Waals surface area contributed by atoms with Crippen molar-refractivity contribution in [3.05, 3.63) is 51.8 Å². The highest BCUT2D eigenvalue weighted by molar-refractivity contribution is 7.14. The maximum Gasteiger partial charge on any atom is 0.133 e. The molecule has 0 saturated carbocycles. The van der Waals surface area contributed by atoms with E-state index in [4.69, 9.17) is 4.98 Å². The highest BCUT2D eigenvalue weighted by Crippen LogP contribution is 2.25. The SMILES string of the molecule is CN1CCN(c2ncccc2CNCc2csc(-c3ccsc3)n2)CC1.Cl. The van der Waals surface area contributed by atoms with Gasteiger partial charge >= 0.3 is 0 Å². The first kappa shape index (κ1) is 20.2. The van der Waals surface area contributed by atoms with Gasteiger partial charge < -0.3 is 15.1 Å². The molecule has 27 heavy (non-hydrogen) atoms. The van der Waals surface area contributed by atoms with Crippen LogP contribution in [0.3, 0.4) is 0 Å². The lowest BCUT2D eigenvalue weighted by Gasteiger charge is -2.34. The Morgan fingerprint density at radius 2 is 1.96 bits per heavy atom. The molecule has 0 atom stereocenters. The number of piperazine rings is 1. The number of rotatable bonds is 6. The Balaban J connectivity index is 0.00000210. The normalized spacial score (nSPS) is 14.9. The number of aromatic nitrogens is 2. The van der Waals surface area contributed by atoms with E-state index >= 15 is 0 Å². The number of nitrogens with one attached hydrogen (secondary N) is 1. The smallest absolute Gasteiger partial charge is 0.133 e. The second kappa shape index (κ2) is 9.61. The van der Waals surface area contributed by atoms with Crippen LogP contribution < -0.4 is 10.2 Å². The van der Waals surface area contributed by atoms with Gasteiger partial charge in [-0.2, -0.15) is 11.3 Å². The van der Waals surface area contributed by atoms with Crippen molar-refractivity contribution >= 4 is 40.9 Å². The van der Waals surface area contributed by atoms with Crippen molar-refractivity contribution in [2.75, 3.05) is 38.1 Å². The molecule has 3 aromatic rings. The van der Waals surface area contributed by atoms with Crippen molar-refractivity contribution in [1.29, 1.82) is 0 Å². The Morgan fingerprint density at radius 1 is 1.11 bits per heavy atom. The molecule has 0 radical (unpaired) electrons. The minimum absolute atomic E-state index is 0. The van der Waals surface area contributed by atoms with E-state index in [2.05, 4.69) is 55.4 Å². The number of nitrogens with zero attached hydrogens (tertiary/aromatic N) is 4. The fourth-order valence-corrected chi connectivity index (χ4v) is 4.64. The lowest BCUT2D eigenvalue weighted by molar-refractivity contribution is 0.311. The molecule has 3 aromatic heterocycles. The number of thiazole rings is 1. The minimum atomic E-state index is 0. The second-order valence-corrected chi connectivity index (χ2v) is 8.17. The Morgan fingerprint density at radius 3 is 2.74 bits per heavy atom. The quantitative estimate of drug-likeness (QED) is 0.657. The van der Waals surface area contributed by atoms with Crippen molar-refractivity contribution in [3.63, 3.8) is 0 Å². The summed E-state index contributed by atoms with van der Waals surface area (Å²) in [6.45, 7) is 5.84. The molecule has 1 saturated heterocycles. The molecule has 1 aliphatic rings. The second-order valence-electron chi connectivity index (χ2n) is 6.54. The van der Waals surface area contributed by atoms with Crippen LogP contribution in [0, 0.1) is 0 Å². The maximum atomic E-state index is 4.74. The first-order chi connectivity index (χ1) is 12.8. The fraction of sp³-hybridized carbons (Fsp3) is 0.368. The van der Waals surface area contributed by atoms with Crippen molar-refractivity contribution in [1.82, 2.24) is 20.2 Å². The summed E-state index contributed by atoms with van der Waals surface area (Å²) in [5, 5.41) is 11.0. The number of hydrogen-bond donors (Lipinski definition) is 1. The van der Waals surface area contributed by atoms with Crippen LogP contribution >= 0.6 is 35.1 Å². The molecule has 0 amide bonds. The predicted molar refractivity (Wildman–Crippen MR) is 117 cm³/mol. The number of anilines is 1. The van der Waals surface area contributed by atoms with Gasteiger partial charge in [-0.3, -0.25) is 0 Å². The largest absolute Gasteiger partial charge is 0.354 e. The summed E-state index contributed by atoms with van der Waals surface area (Å²) < 4.78 is 0.